The molecule has 3 nitrogen and oxygen atoms in total. The summed E-state index contributed by atoms with van der Waals surface area (Å²) in [5, 5.41) is 0. The van der Waals surface area contributed by atoms with Crippen LogP contribution in [0.15, 0.2) is 18.5 Å². The molecule has 1 heterocycles. The van der Waals surface area contributed by atoms with Gasteiger partial charge in [-0.3, -0.25) is 4.79 Å². The van der Waals surface area contributed by atoms with E-state index in [0.717, 1.165) is 12.0 Å². The second kappa shape index (κ2) is 4.07. The number of ketones is 1. The Labute approximate surface area is 72.0 Å². The zero-order valence-corrected chi connectivity index (χ0v) is 7.21. The summed E-state index contributed by atoms with van der Waals surface area (Å²) in [5.74, 6) is 0.113. The van der Waals surface area contributed by atoms with Crippen LogP contribution in [0.3, 0.4) is 0 Å². The number of carbonyl (C=O) groups excluding carboxylic acids is 1. The molecule has 12 heavy (non-hydrogen) atoms. The summed E-state index contributed by atoms with van der Waals surface area (Å²) >= 11 is 0. The minimum atomic E-state index is -0.0270. The average molecular weight is 166 g/mol. The Morgan fingerprint density at radius 3 is 2.92 bits per heavy atom. The van der Waals surface area contributed by atoms with E-state index in [1.165, 1.54) is 0 Å². The quantitative estimate of drug-likeness (QED) is 0.660. The van der Waals surface area contributed by atoms with Gasteiger partial charge in [0.1, 0.15) is 0 Å². The predicted molar refractivity (Wildman–Crippen MR) is 48.0 cm³/mol. The Hall–Kier alpha value is -1.09. The van der Waals surface area contributed by atoms with Crippen molar-refractivity contribution in [3.05, 3.63) is 24.0 Å². The van der Waals surface area contributed by atoms with Crippen LogP contribution in [0.2, 0.25) is 0 Å². The van der Waals surface area contributed by atoms with Gasteiger partial charge in [0, 0.05) is 30.4 Å². The molecule has 1 aromatic rings. The molecule has 1 atom stereocenters. The van der Waals surface area contributed by atoms with E-state index in [0.29, 0.717) is 6.54 Å². The molecule has 3 N–H and O–H groups in total. The lowest BCUT2D eigenvalue weighted by molar-refractivity contribution is 0.0921. The lowest BCUT2D eigenvalue weighted by Crippen LogP contribution is -2.22. The van der Waals surface area contributed by atoms with Crippen LogP contribution in [0.1, 0.15) is 23.7 Å². The van der Waals surface area contributed by atoms with Gasteiger partial charge in [-0.1, -0.05) is 6.92 Å². The molecule has 0 amide bonds. The van der Waals surface area contributed by atoms with Crippen molar-refractivity contribution in [1.82, 2.24) is 4.98 Å². The summed E-state index contributed by atoms with van der Waals surface area (Å²) in [5.41, 5.74) is 6.19. The second-order valence-electron chi connectivity index (χ2n) is 2.80. The van der Waals surface area contributed by atoms with Gasteiger partial charge in [-0.05, 0) is 12.5 Å². The summed E-state index contributed by atoms with van der Waals surface area (Å²) in [4.78, 5) is 14.4. The molecule has 0 aliphatic heterocycles. The van der Waals surface area contributed by atoms with Gasteiger partial charge < -0.3 is 10.7 Å². The molecule has 66 valence electrons. The SMILES string of the molecule is CCC(CN)C(=O)c1cc[nH]c1. The number of hydrogen-bond acceptors (Lipinski definition) is 2. The minimum Gasteiger partial charge on any atom is -0.367 e. The van der Waals surface area contributed by atoms with E-state index in [-0.39, 0.29) is 11.7 Å². The second-order valence-corrected chi connectivity index (χ2v) is 2.80. The van der Waals surface area contributed by atoms with Crippen molar-refractivity contribution in [1.29, 1.82) is 0 Å². The third-order valence-electron chi connectivity index (χ3n) is 2.03. The van der Waals surface area contributed by atoms with Crippen LogP contribution in [0, 0.1) is 5.92 Å². The van der Waals surface area contributed by atoms with E-state index in [4.69, 9.17) is 5.73 Å². The van der Waals surface area contributed by atoms with Gasteiger partial charge in [-0.25, -0.2) is 0 Å². The van der Waals surface area contributed by atoms with Gasteiger partial charge in [0.2, 0.25) is 0 Å². The zero-order chi connectivity index (χ0) is 8.97. The Balaban J connectivity index is 2.70. The largest absolute Gasteiger partial charge is 0.367 e. The summed E-state index contributed by atoms with van der Waals surface area (Å²) < 4.78 is 0. The number of carbonyl (C=O) groups is 1. The smallest absolute Gasteiger partial charge is 0.168 e. The highest BCUT2D eigenvalue weighted by Gasteiger charge is 2.16. The maximum absolute atomic E-state index is 11.6. The monoisotopic (exact) mass is 166 g/mol. The molecule has 0 aliphatic rings. The first-order valence-corrected chi connectivity index (χ1v) is 4.16. The molecule has 0 aromatic carbocycles. The van der Waals surface area contributed by atoms with Gasteiger partial charge in [0.25, 0.3) is 0 Å². The van der Waals surface area contributed by atoms with Crippen LogP contribution in [0.25, 0.3) is 0 Å². The lowest BCUT2D eigenvalue weighted by atomic mass is 9.97. The number of Topliss-reactive ketones (excluding diaryl/α,β-unsaturated/α-hetero) is 1. The summed E-state index contributed by atoms with van der Waals surface area (Å²) in [7, 11) is 0. The highest BCUT2D eigenvalue weighted by atomic mass is 16.1. The molecule has 0 fully saturated rings. The molecule has 0 radical (unpaired) electrons. The first kappa shape index (κ1) is 9.00. The maximum atomic E-state index is 11.6. The van der Waals surface area contributed by atoms with E-state index in [1.807, 2.05) is 6.92 Å². The highest BCUT2D eigenvalue weighted by Crippen LogP contribution is 2.10. The molecular weight excluding hydrogens is 152 g/mol. The van der Waals surface area contributed by atoms with Crippen molar-refractivity contribution in [3.8, 4) is 0 Å². The Morgan fingerprint density at radius 2 is 2.50 bits per heavy atom. The number of hydrogen-bond donors (Lipinski definition) is 2. The third kappa shape index (κ3) is 1.74. The molecule has 0 aliphatic carbocycles. The van der Waals surface area contributed by atoms with Crippen molar-refractivity contribution in [2.45, 2.75) is 13.3 Å². The van der Waals surface area contributed by atoms with Crippen LogP contribution >= 0.6 is 0 Å². The molecule has 0 saturated carbocycles. The van der Waals surface area contributed by atoms with E-state index in [2.05, 4.69) is 4.98 Å². The molecular formula is C9H14N2O. The zero-order valence-electron chi connectivity index (χ0n) is 7.21. The summed E-state index contributed by atoms with van der Waals surface area (Å²) in [6.45, 7) is 2.41. The van der Waals surface area contributed by atoms with Crippen LogP contribution in [-0.4, -0.2) is 17.3 Å². The average Bonchev–Trinajstić information content (AvgIpc) is 2.58. The van der Waals surface area contributed by atoms with E-state index < -0.39 is 0 Å². The molecule has 0 bridgehead atoms. The van der Waals surface area contributed by atoms with Crippen LogP contribution < -0.4 is 5.73 Å². The van der Waals surface area contributed by atoms with E-state index in [1.54, 1.807) is 18.5 Å². The molecule has 1 unspecified atom stereocenters. The number of rotatable bonds is 4. The standard InChI is InChI=1S/C9H14N2O/c1-2-7(5-10)9(12)8-3-4-11-6-8/h3-4,6-7,11H,2,5,10H2,1H3. The van der Waals surface area contributed by atoms with Crippen LogP contribution in [0.4, 0.5) is 0 Å². The minimum absolute atomic E-state index is 0.0270. The normalized spacial score (nSPS) is 12.8. The number of H-pyrrole nitrogens is 1. The molecule has 1 aromatic heterocycles. The van der Waals surface area contributed by atoms with Crippen molar-refractivity contribution in [3.63, 3.8) is 0 Å². The summed E-state index contributed by atoms with van der Waals surface area (Å²) in [6.07, 6.45) is 4.26. The number of aromatic amines is 1. The van der Waals surface area contributed by atoms with Gasteiger partial charge in [0.15, 0.2) is 5.78 Å². The molecule has 3 heteroatoms. The number of aromatic nitrogens is 1. The fourth-order valence-corrected chi connectivity index (χ4v) is 1.17. The molecule has 0 saturated heterocycles. The van der Waals surface area contributed by atoms with Crippen LogP contribution in [-0.2, 0) is 0 Å². The summed E-state index contributed by atoms with van der Waals surface area (Å²) in [6, 6.07) is 1.78. The Bertz CT molecular complexity index is 237. The van der Waals surface area contributed by atoms with Gasteiger partial charge in [-0.2, -0.15) is 0 Å². The van der Waals surface area contributed by atoms with E-state index >= 15 is 0 Å². The van der Waals surface area contributed by atoms with Gasteiger partial charge >= 0.3 is 0 Å². The van der Waals surface area contributed by atoms with Crippen molar-refractivity contribution < 1.29 is 4.79 Å². The number of nitrogens with one attached hydrogen (secondary N) is 1. The Kier molecular flexibility index (Phi) is 3.05. The van der Waals surface area contributed by atoms with Crippen molar-refractivity contribution in [2.24, 2.45) is 11.7 Å². The fourth-order valence-electron chi connectivity index (χ4n) is 1.17. The third-order valence-corrected chi connectivity index (χ3v) is 2.03. The maximum Gasteiger partial charge on any atom is 0.168 e. The topological polar surface area (TPSA) is 58.9 Å². The highest BCUT2D eigenvalue weighted by molar-refractivity contribution is 5.97. The van der Waals surface area contributed by atoms with Crippen LogP contribution in [0.5, 0.6) is 0 Å². The lowest BCUT2D eigenvalue weighted by Gasteiger charge is -2.08. The predicted octanol–water partition coefficient (Wildman–Crippen LogP) is 1.18. The Morgan fingerprint density at radius 1 is 1.75 bits per heavy atom. The number of nitrogens with two attached hydrogens (primary N) is 1. The van der Waals surface area contributed by atoms with Crippen molar-refractivity contribution >= 4 is 5.78 Å². The first-order valence-electron chi connectivity index (χ1n) is 4.16. The molecule has 0 spiro atoms. The van der Waals surface area contributed by atoms with Crippen molar-refractivity contribution in [2.75, 3.05) is 6.54 Å². The van der Waals surface area contributed by atoms with Gasteiger partial charge in [0.05, 0.1) is 0 Å². The van der Waals surface area contributed by atoms with Gasteiger partial charge in [-0.15, -0.1) is 0 Å². The fraction of sp³-hybridized carbons (Fsp3) is 0.444. The molecule has 1 rings (SSSR count). The first-order chi connectivity index (χ1) is 5.79. The van der Waals surface area contributed by atoms with E-state index in [9.17, 15) is 4.79 Å².